The number of nitrogens with zero attached hydrogens (tertiary/aromatic N) is 2. The average molecular weight is 356 g/mol. The molecule has 0 radical (unpaired) electrons. The van der Waals surface area contributed by atoms with Crippen LogP contribution in [0.3, 0.4) is 0 Å². The molecular formula is C20H25N3OS. The van der Waals surface area contributed by atoms with Crippen LogP contribution in [0.2, 0.25) is 0 Å². The number of hydrogen-bond donors (Lipinski definition) is 1. The lowest BCUT2D eigenvalue weighted by molar-refractivity contribution is -0.115. The third-order valence-electron chi connectivity index (χ3n) is 5.38. The average Bonchev–Trinajstić information content (AvgIpc) is 3.33. The number of pyridine rings is 1. The third-order valence-corrected chi connectivity index (χ3v) is 6.41. The van der Waals surface area contributed by atoms with Crippen molar-refractivity contribution in [2.24, 2.45) is 5.92 Å². The van der Waals surface area contributed by atoms with Crippen LogP contribution in [0.5, 0.6) is 0 Å². The molecule has 1 aliphatic heterocycles. The molecule has 0 atom stereocenters. The van der Waals surface area contributed by atoms with Gasteiger partial charge < -0.3 is 9.88 Å². The molecule has 5 heteroatoms. The van der Waals surface area contributed by atoms with Crippen molar-refractivity contribution in [3.8, 4) is 0 Å². The predicted molar refractivity (Wildman–Crippen MR) is 105 cm³/mol. The van der Waals surface area contributed by atoms with Gasteiger partial charge in [0.05, 0.1) is 10.6 Å². The van der Waals surface area contributed by atoms with E-state index in [0.717, 1.165) is 46.3 Å². The maximum atomic E-state index is 12.6. The normalized spacial score (nSPS) is 18.7. The third kappa shape index (κ3) is 3.76. The molecule has 25 heavy (non-hydrogen) atoms. The van der Waals surface area contributed by atoms with Gasteiger partial charge in [-0.25, -0.2) is 4.98 Å². The van der Waals surface area contributed by atoms with E-state index in [1.807, 2.05) is 24.7 Å². The zero-order valence-corrected chi connectivity index (χ0v) is 15.4. The van der Waals surface area contributed by atoms with Crippen LogP contribution in [0.1, 0.15) is 44.9 Å². The van der Waals surface area contributed by atoms with E-state index in [2.05, 4.69) is 20.9 Å². The number of rotatable bonds is 6. The maximum absolute atomic E-state index is 12.6. The second kappa shape index (κ2) is 7.65. The highest BCUT2D eigenvalue weighted by Crippen LogP contribution is 2.32. The van der Waals surface area contributed by atoms with E-state index >= 15 is 0 Å². The molecule has 4 rings (SSSR count). The van der Waals surface area contributed by atoms with Gasteiger partial charge in [0.2, 0.25) is 0 Å². The number of carbonyl (C=O) groups is 1. The number of H-pyrrole nitrogens is 1. The number of fused-ring (bicyclic) bond motifs is 1. The van der Waals surface area contributed by atoms with Gasteiger partial charge >= 0.3 is 0 Å². The highest BCUT2D eigenvalue weighted by molar-refractivity contribution is 8.04. The lowest BCUT2D eigenvalue weighted by atomic mass is 9.99. The highest BCUT2D eigenvalue weighted by Gasteiger charge is 2.20. The summed E-state index contributed by atoms with van der Waals surface area (Å²) in [5.41, 5.74) is 2.02. The SMILES string of the molecule is O=C(CCCC1CCCC1)C1=CN(c2ccnc3[nH]ccc23)CCS1. The zero-order valence-electron chi connectivity index (χ0n) is 14.5. The zero-order chi connectivity index (χ0) is 17.1. The highest BCUT2D eigenvalue weighted by atomic mass is 32.2. The molecule has 0 saturated heterocycles. The summed E-state index contributed by atoms with van der Waals surface area (Å²) in [6, 6.07) is 4.08. The molecule has 0 aromatic carbocycles. The fraction of sp³-hybridized carbons (Fsp3) is 0.500. The first-order valence-corrected chi connectivity index (χ1v) is 10.4. The lowest BCUT2D eigenvalue weighted by Gasteiger charge is -2.26. The summed E-state index contributed by atoms with van der Waals surface area (Å²) in [5, 5.41) is 1.11. The first-order valence-electron chi connectivity index (χ1n) is 9.38. The van der Waals surface area contributed by atoms with Crippen molar-refractivity contribution in [1.29, 1.82) is 0 Å². The predicted octanol–water partition coefficient (Wildman–Crippen LogP) is 4.89. The van der Waals surface area contributed by atoms with E-state index in [1.54, 1.807) is 11.8 Å². The minimum absolute atomic E-state index is 0.312. The van der Waals surface area contributed by atoms with Crippen LogP contribution in [0, 0.1) is 5.92 Å². The summed E-state index contributed by atoms with van der Waals surface area (Å²) in [6.45, 7) is 0.924. The van der Waals surface area contributed by atoms with Crippen LogP contribution in [-0.2, 0) is 4.79 Å². The van der Waals surface area contributed by atoms with Crippen molar-refractivity contribution in [3.63, 3.8) is 0 Å². The molecular weight excluding hydrogens is 330 g/mol. The Hall–Kier alpha value is -1.75. The monoisotopic (exact) mass is 355 g/mol. The summed E-state index contributed by atoms with van der Waals surface area (Å²) in [6.07, 6.45) is 14.3. The number of nitrogens with one attached hydrogen (secondary N) is 1. The second-order valence-electron chi connectivity index (χ2n) is 7.07. The number of thioether (sulfide) groups is 1. The number of ketones is 1. The molecule has 1 fully saturated rings. The van der Waals surface area contributed by atoms with Crippen molar-refractivity contribution in [1.82, 2.24) is 9.97 Å². The smallest absolute Gasteiger partial charge is 0.170 e. The Morgan fingerprint density at radius 3 is 3.08 bits per heavy atom. The Morgan fingerprint density at radius 2 is 2.20 bits per heavy atom. The van der Waals surface area contributed by atoms with E-state index in [1.165, 1.54) is 32.1 Å². The molecule has 132 valence electrons. The molecule has 0 spiro atoms. The van der Waals surface area contributed by atoms with E-state index in [0.29, 0.717) is 12.2 Å². The minimum atomic E-state index is 0.312. The molecule has 1 N–H and O–H groups in total. The van der Waals surface area contributed by atoms with Gasteiger partial charge in [0.1, 0.15) is 5.65 Å². The van der Waals surface area contributed by atoms with E-state index in [9.17, 15) is 4.79 Å². The standard InChI is InChI=1S/C20H25N3OS/c24-18(7-3-6-15-4-1-2-5-15)19-14-23(12-13-25-19)17-9-11-22-20-16(17)8-10-21-20/h8-11,14-15H,1-7,12-13H2,(H,21,22). The number of Topliss-reactive ketones (excluding diaryl/α,β-unsaturated/α-hetero) is 1. The summed E-state index contributed by atoms with van der Waals surface area (Å²) in [5.74, 6) is 2.14. The second-order valence-corrected chi connectivity index (χ2v) is 8.21. The van der Waals surface area contributed by atoms with Crippen molar-refractivity contribution in [2.45, 2.75) is 44.9 Å². The first kappa shape index (κ1) is 16.7. The summed E-state index contributed by atoms with van der Waals surface area (Å²) in [4.78, 5) is 23.3. The molecule has 3 heterocycles. The Bertz CT molecular complexity index is 776. The van der Waals surface area contributed by atoms with Crippen molar-refractivity contribution in [3.05, 3.63) is 35.6 Å². The van der Waals surface area contributed by atoms with Crippen LogP contribution in [0.15, 0.2) is 35.6 Å². The molecule has 2 aromatic rings. The number of carbonyl (C=O) groups excluding carboxylic acids is 1. The fourth-order valence-corrected chi connectivity index (χ4v) is 4.98. The van der Waals surface area contributed by atoms with E-state index in [-0.39, 0.29) is 0 Å². The van der Waals surface area contributed by atoms with Gasteiger partial charge in [0, 0.05) is 42.7 Å². The van der Waals surface area contributed by atoms with Gasteiger partial charge in [-0.15, -0.1) is 11.8 Å². The van der Waals surface area contributed by atoms with Crippen LogP contribution in [-0.4, -0.2) is 28.0 Å². The Balaban J connectivity index is 1.43. The van der Waals surface area contributed by atoms with Crippen molar-refractivity contribution < 1.29 is 4.79 Å². The maximum Gasteiger partial charge on any atom is 0.170 e. The molecule has 1 aliphatic carbocycles. The largest absolute Gasteiger partial charge is 0.346 e. The number of hydrogen-bond acceptors (Lipinski definition) is 4. The number of anilines is 1. The van der Waals surface area contributed by atoms with Gasteiger partial charge in [0.15, 0.2) is 5.78 Å². The van der Waals surface area contributed by atoms with Crippen LogP contribution < -0.4 is 4.90 Å². The van der Waals surface area contributed by atoms with Gasteiger partial charge in [-0.3, -0.25) is 4.79 Å². The number of allylic oxidation sites excluding steroid dienone is 1. The van der Waals surface area contributed by atoms with Gasteiger partial charge in [0.25, 0.3) is 0 Å². The minimum Gasteiger partial charge on any atom is -0.346 e. The number of aromatic amines is 1. The quantitative estimate of drug-likeness (QED) is 0.802. The summed E-state index contributed by atoms with van der Waals surface area (Å²) < 4.78 is 0. The van der Waals surface area contributed by atoms with Gasteiger partial charge in [-0.1, -0.05) is 32.1 Å². The Morgan fingerprint density at radius 1 is 1.32 bits per heavy atom. The molecule has 1 saturated carbocycles. The molecule has 4 nitrogen and oxygen atoms in total. The van der Waals surface area contributed by atoms with Crippen molar-refractivity contribution >= 4 is 34.3 Å². The van der Waals surface area contributed by atoms with E-state index in [4.69, 9.17) is 0 Å². The molecule has 2 aliphatic rings. The molecule has 0 amide bonds. The van der Waals surface area contributed by atoms with Gasteiger partial charge in [-0.05, 0) is 24.5 Å². The first-order chi connectivity index (χ1) is 12.3. The van der Waals surface area contributed by atoms with Crippen molar-refractivity contribution in [2.75, 3.05) is 17.2 Å². The Kier molecular flexibility index (Phi) is 5.11. The van der Waals surface area contributed by atoms with E-state index < -0.39 is 0 Å². The topological polar surface area (TPSA) is 49.0 Å². The number of aromatic nitrogens is 2. The van der Waals surface area contributed by atoms with Crippen LogP contribution in [0.4, 0.5) is 5.69 Å². The Labute approximate surface area is 153 Å². The van der Waals surface area contributed by atoms with Crippen LogP contribution in [0.25, 0.3) is 11.0 Å². The molecule has 0 unspecified atom stereocenters. The fourth-order valence-electron chi connectivity index (χ4n) is 4.01. The van der Waals surface area contributed by atoms with Crippen LogP contribution >= 0.6 is 11.8 Å². The van der Waals surface area contributed by atoms with Gasteiger partial charge in [-0.2, -0.15) is 0 Å². The lowest BCUT2D eigenvalue weighted by Crippen LogP contribution is -2.25. The molecule has 2 aromatic heterocycles. The summed E-state index contributed by atoms with van der Waals surface area (Å²) in [7, 11) is 0. The molecule has 0 bridgehead atoms. The summed E-state index contributed by atoms with van der Waals surface area (Å²) >= 11 is 1.71.